The second-order valence-electron chi connectivity index (χ2n) is 8.85. The molecule has 2 aromatic heterocycles. The van der Waals surface area contributed by atoms with Crippen molar-refractivity contribution in [3.05, 3.63) is 70.4 Å². The van der Waals surface area contributed by atoms with Crippen LogP contribution in [0.4, 0.5) is 0 Å². The van der Waals surface area contributed by atoms with Gasteiger partial charge in [-0.25, -0.2) is 4.98 Å². The number of halogens is 2. The van der Waals surface area contributed by atoms with Gasteiger partial charge in [0.1, 0.15) is 0 Å². The third-order valence-corrected chi connectivity index (χ3v) is 7.33. The van der Waals surface area contributed by atoms with Crippen LogP contribution in [0.5, 0.6) is 11.5 Å². The average molecular weight is 531 g/mol. The maximum Gasteiger partial charge on any atom is 0.166 e. The van der Waals surface area contributed by atoms with Crippen LogP contribution in [0.25, 0.3) is 10.9 Å². The highest BCUT2D eigenvalue weighted by Crippen LogP contribution is 2.44. The van der Waals surface area contributed by atoms with Gasteiger partial charge in [-0.05, 0) is 30.5 Å². The van der Waals surface area contributed by atoms with Gasteiger partial charge in [0.25, 0.3) is 0 Å². The first-order chi connectivity index (χ1) is 17.1. The Labute approximate surface area is 222 Å². The van der Waals surface area contributed by atoms with E-state index in [1.807, 2.05) is 35.3 Å². The number of nitrogens with zero attached hydrogens (tertiary/aromatic N) is 4. The van der Waals surface area contributed by atoms with Crippen molar-refractivity contribution < 1.29 is 9.47 Å². The van der Waals surface area contributed by atoms with Crippen molar-refractivity contribution in [3.8, 4) is 11.5 Å². The molecule has 1 fully saturated rings. The molecule has 0 saturated carbocycles. The number of rotatable bonds is 8. The fraction of sp³-hybridized carbons (Fsp3) is 0.385. The minimum atomic E-state index is 0. The second kappa shape index (κ2) is 11.5. The highest BCUT2D eigenvalue weighted by Gasteiger charge is 2.31. The SMILES string of the molecule is COc1cc2c(cnn2Cc2c[nH]cn2)c(C(Cc2cccc(Cl)c2C)N2CCNCC2)c1OC.Cl. The monoisotopic (exact) mass is 530 g/mol. The molecule has 0 amide bonds. The van der Waals surface area contributed by atoms with Crippen molar-refractivity contribution in [2.45, 2.75) is 25.9 Å². The lowest BCUT2D eigenvalue weighted by atomic mass is 9.91. The van der Waals surface area contributed by atoms with Crippen LogP contribution in [-0.4, -0.2) is 65.0 Å². The summed E-state index contributed by atoms with van der Waals surface area (Å²) < 4.78 is 13.8. The summed E-state index contributed by atoms with van der Waals surface area (Å²) >= 11 is 6.51. The predicted molar refractivity (Wildman–Crippen MR) is 145 cm³/mol. The van der Waals surface area contributed by atoms with E-state index < -0.39 is 0 Å². The third kappa shape index (κ3) is 5.04. The zero-order valence-electron chi connectivity index (χ0n) is 20.8. The molecule has 1 unspecified atom stereocenters. The van der Waals surface area contributed by atoms with Gasteiger partial charge in [-0.2, -0.15) is 5.10 Å². The number of aromatic amines is 1. The zero-order valence-corrected chi connectivity index (χ0v) is 22.3. The average Bonchev–Trinajstić information content (AvgIpc) is 3.55. The molecule has 1 saturated heterocycles. The van der Waals surface area contributed by atoms with Crippen LogP contribution in [0.3, 0.4) is 0 Å². The molecule has 4 aromatic rings. The van der Waals surface area contributed by atoms with Crippen molar-refractivity contribution >= 4 is 34.9 Å². The van der Waals surface area contributed by atoms with E-state index in [1.165, 1.54) is 5.56 Å². The fourth-order valence-electron chi connectivity index (χ4n) is 5.04. The molecule has 2 aromatic carbocycles. The molecule has 8 nitrogen and oxygen atoms in total. The first-order valence-electron chi connectivity index (χ1n) is 11.9. The highest BCUT2D eigenvalue weighted by atomic mass is 35.5. The van der Waals surface area contributed by atoms with Gasteiger partial charge in [0.15, 0.2) is 11.5 Å². The minimum absolute atomic E-state index is 0. The summed E-state index contributed by atoms with van der Waals surface area (Å²) in [4.78, 5) is 9.93. The van der Waals surface area contributed by atoms with E-state index in [0.29, 0.717) is 12.3 Å². The molecule has 36 heavy (non-hydrogen) atoms. The molecule has 0 spiro atoms. The number of benzene rings is 2. The van der Waals surface area contributed by atoms with E-state index in [1.54, 1.807) is 20.5 Å². The zero-order chi connectivity index (χ0) is 24.4. The second-order valence-corrected chi connectivity index (χ2v) is 9.26. The number of methoxy groups -OCH3 is 2. The molecule has 0 aliphatic carbocycles. The number of H-pyrrole nitrogens is 1. The number of fused-ring (bicyclic) bond motifs is 1. The van der Waals surface area contributed by atoms with E-state index in [-0.39, 0.29) is 18.4 Å². The molecule has 0 radical (unpaired) electrons. The van der Waals surface area contributed by atoms with Crippen molar-refractivity contribution in [1.82, 2.24) is 30.0 Å². The van der Waals surface area contributed by atoms with Crippen molar-refractivity contribution in [2.75, 3.05) is 40.4 Å². The van der Waals surface area contributed by atoms with Crippen LogP contribution < -0.4 is 14.8 Å². The molecule has 192 valence electrons. The summed E-state index contributed by atoms with van der Waals surface area (Å²) in [6.07, 6.45) is 6.32. The number of aromatic nitrogens is 4. The Bertz CT molecular complexity index is 1300. The lowest BCUT2D eigenvalue weighted by Crippen LogP contribution is -2.45. The van der Waals surface area contributed by atoms with Crippen LogP contribution in [0.15, 0.2) is 43.0 Å². The van der Waals surface area contributed by atoms with E-state index in [9.17, 15) is 0 Å². The lowest BCUT2D eigenvalue weighted by molar-refractivity contribution is 0.170. The number of ether oxygens (including phenoxy) is 2. The Kier molecular flexibility index (Phi) is 8.41. The fourth-order valence-corrected chi connectivity index (χ4v) is 5.23. The molecular formula is C26H32Cl2N6O2. The molecule has 2 N–H and O–H groups in total. The lowest BCUT2D eigenvalue weighted by Gasteiger charge is -2.36. The standard InChI is InChI=1S/C26H31ClN6O2.ClH/c1-17-18(5-4-6-21(17)27)11-23(32-9-7-28-8-10-32)25-20-14-31-33(15-19-13-29-16-30-19)22(20)12-24(34-2)26(25)35-3;/h4-6,12-14,16,23,28H,7-11,15H2,1-3H3,(H,29,30);1H. The summed E-state index contributed by atoms with van der Waals surface area (Å²) in [7, 11) is 3.39. The Hall–Kier alpha value is -2.78. The molecule has 3 heterocycles. The summed E-state index contributed by atoms with van der Waals surface area (Å²) in [5.74, 6) is 1.45. The molecule has 1 aliphatic rings. The number of piperazine rings is 1. The minimum Gasteiger partial charge on any atom is -0.493 e. The van der Waals surface area contributed by atoms with Crippen molar-refractivity contribution in [1.29, 1.82) is 0 Å². The van der Waals surface area contributed by atoms with Crippen molar-refractivity contribution in [3.63, 3.8) is 0 Å². The molecule has 5 rings (SSSR count). The first-order valence-corrected chi connectivity index (χ1v) is 12.2. The molecule has 10 heteroatoms. The van der Waals surface area contributed by atoms with E-state index in [4.69, 9.17) is 26.2 Å². The van der Waals surface area contributed by atoms with Gasteiger partial charge in [0.05, 0.1) is 44.5 Å². The Morgan fingerprint density at radius 2 is 1.97 bits per heavy atom. The smallest absolute Gasteiger partial charge is 0.166 e. The molecule has 0 bridgehead atoms. The van der Waals surface area contributed by atoms with Crippen LogP contribution in [0.2, 0.25) is 5.02 Å². The molecular weight excluding hydrogens is 499 g/mol. The Morgan fingerprint density at radius 1 is 1.17 bits per heavy atom. The van der Waals surface area contributed by atoms with Gasteiger partial charge < -0.3 is 19.8 Å². The van der Waals surface area contributed by atoms with E-state index >= 15 is 0 Å². The van der Waals surface area contributed by atoms with Gasteiger partial charge in [-0.15, -0.1) is 12.4 Å². The number of hydrogen-bond donors (Lipinski definition) is 2. The van der Waals surface area contributed by atoms with Crippen LogP contribution in [-0.2, 0) is 13.0 Å². The van der Waals surface area contributed by atoms with Gasteiger partial charge in [0, 0.05) is 60.5 Å². The maximum atomic E-state index is 6.51. The van der Waals surface area contributed by atoms with Gasteiger partial charge >= 0.3 is 0 Å². The number of hydrogen-bond acceptors (Lipinski definition) is 6. The maximum absolute atomic E-state index is 6.51. The van der Waals surface area contributed by atoms with Gasteiger partial charge in [0.2, 0.25) is 0 Å². The Balaban J connectivity index is 0.00000304. The highest BCUT2D eigenvalue weighted by molar-refractivity contribution is 6.31. The number of imidazole rings is 1. The first kappa shape index (κ1) is 26.3. The Morgan fingerprint density at radius 3 is 2.67 bits per heavy atom. The van der Waals surface area contributed by atoms with Gasteiger partial charge in [-0.3, -0.25) is 9.58 Å². The largest absolute Gasteiger partial charge is 0.493 e. The summed E-state index contributed by atoms with van der Waals surface area (Å²) in [5, 5.41) is 10.1. The van der Waals surface area contributed by atoms with Crippen LogP contribution >= 0.6 is 24.0 Å². The van der Waals surface area contributed by atoms with Crippen LogP contribution in [0, 0.1) is 6.92 Å². The summed E-state index contributed by atoms with van der Waals surface area (Å²) in [6, 6.07) is 8.21. The van der Waals surface area contributed by atoms with Crippen LogP contribution in [0.1, 0.15) is 28.4 Å². The topological polar surface area (TPSA) is 80.2 Å². The van der Waals surface area contributed by atoms with E-state index in [0.717, 1.165) is 71.1 Å². The normalized spacial score (nSPS) is 15.0. The summed E-state index contributed by atoms with van der Waals surface area (Å²) in [6.45, 7) is 6.42. The number of nitrogens with one attached hydrogen (secondary N) is 2. The predicted octanol–water partition coefficient (Wildman–Crippen LogP) is 4.40. The van der Waals surface area contributed by atoms with Gasteiger partial charge in [-0.1, -0.05) is 23.7 Å². The molecule has 1 aliphatic heterocycles. The quantitative estimate of drug-likeness (QED) is 0.351. The molecule has 1 atom stereocenters. The van der Waals surface area contributed by atoms with Crippen molar-refractivity contribution in [2.24, 2.45) is 0 Å². The van der Waals surface area contributed by atoms with E-state index in [2.05, 4.69) is 33.2 Å². The summed E-state index contributed by atoms with van der Waals surface area (Å²) in [5.41, 5.74) is 5.34. The third-order valence-electron chi connectivity index (χ3n) is 6.92.